The second kappa shape index (κ2) is 4.77. The van der Waals surface area contributed by atoms with Gasteiger partial charge in [0.2, 0.25) is 0 Å². The summed E-state index contributed by atoms with van der Waals surface area (Å²) in [7, 11) is 0. The summed E-state index contributed by atoms with van der Waals surface area (Å²) in [5.41, 5.74) is 5.99. The predicted octanol–water partition coefficient (Wildman–Crippen LogP) is 1.12. The van der Waals surface area contributed by atoms with Crippen LogP contribution in [0.25, 0.3) is 0 Å². The molecule has 0 spiro atoms. The van der Waals surface area contributed by atoms with E-state index >= 15 is 0 Å². The third-order valence-electron chi connectivity index (χ3n) is 1.63. The molecule has 0 atom stereocenters. The van der Waals surface area contributed by atoms with Crippen molar-refractivity contribution in [3.05, 3.63) is 33.9 Å². The Kier molecular flexibility index (Phi) is 3.41. The molecule has 0 fully saturated rings. The standard InChI is InChI=1S/C10H8N2O3/c11-9-4-5-10(12(14)15)8(7-9)3-1-2-6-13/h4-7H,2,11H2. The van der Waals surface area contributed by atoms with Crippen molar-refractivity contribution in [3.8, 4) is 11.8 Å². The third-order valence-corrected chi connectivity index (χ3v) is 1.63. The lowest BCUT2D eigenvalue weighted by molar-refractivity contribution is -0.385. The van der Waals surface area contributed by atoms with Gasteiger partial charge in [0.15, 0.2) is 0 Å². The fourth-order valence-electron chi connectivity index (χ4n) is 1.00. The molecule has 5 heteroatoms. The molecule has 0 aliphatic heterocycles. The molecule has 0 aliphatic carbocycles. The number of nitro groups is 1. The van der Waals surface area contributed by atoms with E-state index in [4.69, 9.17) is 5.73 Å². The molecule has 0 aromatic heterocycles. The first-order chi connectivity index (χ1) is 7.15. The van der Waals surface area contributed by atoms with Gasteiger partial charge in [-0.05, 0) is 12.1 Å². The Morgan fingerprint density at radius 2 is 2.27 bits per heavy atom. The molecular formula is C10H8N2O3. The maximum atomic E-state index is 10.6. The van der Waals surface area contributed by atoms with E-state index in [2.05, 4.69) is 11.8 Å². The van der Waals surface area contributed by atoms with Crippen LogP contribution in [0.2, 0.25) is 0 Å². The van der Waals surface area contributed by atoms with E-state index in [-0.39, 0.29) is 17.7 Å². The molecule has 1 aromatic carbocycles. The summed E-state index contributed by atoms with van der Waals surface area (Å²) in [5, 5.41) is 10.6. The number of rotatable bonds is 2. The molecule has 5 nitrogen and oxygen atoms in total. The highest BCUT2D eigenvalue weighted by Gasteiger charge is 2.11. The number of hydrogen-bond donors (Lipinski definition) is 1. The number of nitrogens with two attached hydrogens (primary N) is 1. The molecule has 0 saturated carbocycles. The number of carbonyl (C=O) groups is 1. The summed E-state index contributed by atoms with van der Waals surface area (Å²) in [4.78, 5) is 20.1. The van der Waals surface area contributed by atoms with Crippen molar-refractivity contribution in [2.45, 2.75) is 6.42 Å². The van der Waals surface area contributed by atoms with Gasteiger partial charge in [-0.15, -0.1) is 0 Å². The molecule has 1 rings (SSSR count). The lowest BCUT2D eigenvalue weighted by Gasteiger charge is -1.96. The van der Waals surface area contributed by atoms with Gasteiger partial charge in [0, 0.05) is 11.8 Å². The van der Waals surface area contributed by atoms with E-state index in [0.717, 1.165) is 0 Å². The molecule has 0 unspecified atom stereocenters. The number of aldehydes is 1. The molecule has 0 amide bonds. The van der Waals surface area contributed by atoms with Crippen LogP contribution in [0.3, 0.4) is 0 Å². The van der Waals surface area contributed by atoms with Gasteiger partial charge in [-0.3, -0.25) is 10.1 Å². The first-order valence-corrected chi connectivity index (χ1v) is 4.11. The van der Waals surface area contributed by atoms with Crippen molar-refractivity contribution in [2.24, 2.45) is 0 Å². The molecule has 0 aliphatic rings. The highest BCUT2D eigenvalue weighted by atomic mass is 16.6. The number of nitro benzene ring substituents is 1. The zero-order valence-corrected chi connectivity index (χ0v) is 7.77. The summed E-state index contributed by atoms with van der Waals surface area (Å²) in [6.45, 7) is 0. The van der Waals surface area contributed by atoms with Gasteiger partial charge in [-0.2, -0.15) is 0 Å². The molecule has 1 aromatic rings. The molecule has 2 N–H and O–H groups in total. The van der Waals surface area contributed by atoms with Crippen LogP contribution in [-0.2, 0) is 4.79 Å². The summed E-state index contributed by atoms with van der Waals surface area (Å²) < 4.78 is 0. The molecule has 15 heavy (non-hydrogen) atoms. The Balaban J connectivity index is 3.14. The summed E-state index contributed by atoms with van der Waals surface area (Å²) >= 11 is 0. The van der Waals surface area contributed by atoms with Crippen molar-refractivity contribution in [3.63, 3.8) is 0 Å². The number of nitrogen functional groups attached to an aromatic ring is 1. The lowest BCUT2D eigenvalue weighted by Crippen LogP contribution is -1.94. The third kappa shape index (κ3) is 2.81. The van der Waals surface area contributed by atoms with Crippen LogP contribution in [0.4, 0.5) is 11.4 Å². The first kappa shape index (κ1) is 10.7. The summed E-state index contributed by atoms with van der Waals surface area (Å²) in [6, 6.07) is 4.14. The van der Waals surface area contributed by atoms with Crippen LogP contribution < -0.4 is 5.73 Å². The van der Waals surface area contributed by atoms with Crippen LogP contribution in [-0.4, -0.2) is 11.2 Å². The molecule has 0 saturated heterocycles. The average Bonchev–Trinajstić information content (AvgIpc) is 2.18. The highest BCUT2D eigenvalue weighted by Crippen LogP contribution is 2.19. The van der Waals surface area contributed by atoms with Gasteiger partial charge >= 0.3 is 0 Å². The van der Waals surface area contributed by atoms with E-state index in [1.807, 2.05) is 0 Å². The van der Waals surface area contributed by atoms with E-state index in [1.165, 1.54) is 18.2 Å². The van der Waals surface area contributed by atoms with Gasteiger partial charge in [0.05, 0.1) is 11.3 Å². The Morgan fingerprint density at radius 3 is 2.87 bits per heavy atom. The second-order valence-corrected chi connectivity index (χ2v) is 2.71. The largest absolute Gasteiger partial charge is 0.399 e. The smallest absolute Gasteiger partial charge is 0.285 e. The van der Waals surface area contributed by atoms with Gasteiger partial charge in [0.1, 0.15) is 11.8 Å². The fourth-order valence-corrected chi connectivity index (χ4v) is 1.00. The number of carbonyl (C=O) groups excluding carboxylic acids is 1. The van der Waals surface area contributed by atoms with Crippen molar-refractivity contribution in [1.82, 2.24) is 0 Å². The monoisotopic (exact) mass is 204 g/mol. The minimum absolute atomic E-state index is 0.0476. The highest BCUT2D eigenvalue weighted by molar-refractivity contribution is 5.60. The Labute approximate surface area is 86.0 Å². The van der Waals surface area contributed by atoms with Crippen LogP contribution >= 0.6 is 0 Å². The van der Waals surface area contributed by atoms with Gasteiger partial charge in [-0.25, -0.2) is 0 Å². The minimum Gasteiger partial charge on any atom is -0.399 e. The van der Waals surface area contributed by atoms with E-state index in [0.29, 0.717) is 12.0 Å². The molecule has 0 bridgehead atoms. The van der Waals surface area contributed by atoms with Gasteiger partial charge in [0.25, 0.3) is 5.69 Å². The zero-order chi connectivity index (χ0) is 11.3. The molecule has 0 heterocycles. The quantitative estimate of drug-likeness (QED) is 0.257. The average molecular weight is 204 g/mol. The zero-order valence-electron chi connectivity index (χ0n) is 7.77. The minimum atomic E-state index is -0.537. The number of nitrogens with zero attached hydrogens (tertiary/aromatic N) is 1. The first-order valence-electron chi connectivity index (χ1n) is 4.11. The van der Waals surface area contributed by atoms with Crippen LogP contribution in [0.15, 0.2) is 18.2 Å². The molecule has 76 valence electrons. The summed E-state index contributed by atoms with van der Waals surface area (Å²) in [6.07, 6.45) is 0.678. The van der Waals surface area contributed by atoms with Crippen molar-refractivity contribution >= 4 is 17.7 Å². The number of hydrogen-bond acceptors (Lipinski definition) is 4. The van der Waals surface area contributed by atoms with Crippen LogP contribution in [0.1, 0.15) is 12.0 Å². The van der Waals surface area contributed by atoms with Gasteiger partial charge in [-0.1, -0.05) is 11.8 Å². The molecule has 0 radical (unpaired) electrons. The van der Waals surface area contributed by atoms with E-state index in [1.54, 1.807) is 0 Å². The lowest BCUT2D eigenvalue weighted by atomic mass is 10.1. The van der Waals surface area contributed by atoms with E-state index in [9.17, 15) is 14.9 Å². The summed E-state index contributed by atoms with van der Waals surface area (Å²) in [5.74, 6) is 5.03. The van der Waals surface area contributed by atoms with E-state index < -0.39 is 4.92 Å². The Hall–Kier alpha value is -2.35. The fraction of sp³-hybridized carbons (Fsp3) is 0.100. The number of anilines is 1. The SMILES string of the molecule is Nc1ccc([N+](=O)[O-])c(C#CCC=O)c1. The topological polar surface area (TPSA) is 86.2 Å². The van der Waals surface area contributed by atoms with Crippen molar-refractivity contribution in [1.29, 1.82) is 0 Å². The van der Waals surface area contributed by atoms with Crippen molar-refractivity contribution < 1.29 is 9.72 Å². The van der Waals surface area contributed by atoms with Gasteiger partial charge < -0.3 is 10.5 Å². The van der Waals surface area contributed by atoms with Crippen LogP contribution in [0, 0.1) is 22.0 Å². The maximum Gasteiger partial charge on any atom is 0.285 e. The Morgan fingerprint density at radius 1 is 1.53 bits per heavy atom. The predicted molar refractivity (Wildman–Crippen MR) is 55.1 cm³/mol. The maximum absolute atomic E-state index is 10.6. The van der Waals surface area contributed by atoms with Crippen LogP contribution in [0.5, 0.6) is 0 Å². The normalized spacial score (nSPS) is 8.80. The number of benzene rings is 1. The second-order valence-electron chi connectivity index (χ2n) is 2.71. The van der Waals surface area contributed by atoms with Crippen molar-refractivity contribution in [2.75, 3.05) is 5.73 Å². The molecular weight excluding hydrogens is 196 g/mol. The Bertz CT molecular complexity index is 457.